The lowest BCUT2D eigenvalue weighted by molar-refractivity contribution is 0.0932. The molecule has 3 heteroatoms. The van der Waals surface area contributed by atoms with Gasteiger partial charge in [-0.15, -0.1) is 0 Å². The van der Waals surface area contributed by atoms with Crippen molar-refractivity contribution in [2.24, 2.45) is 5.41 Å². The molecule has 104 valence electrons. The summed E-state index contributed by atoms with van der Waals surface area (Å²) in [7, 11) is 0. The topological polar surface area (TPSA) is 20.3 Å². The van der Waals surface area contributed by atoms with Crippen molar-refractivity contribution in [2.75, 3.05) is 19.6 Å². The number of likely N-dealkylation sites (tertiary alicyclic amines) is 1. The van der Waals surface area contributed by atoms with Crippen LogP contribution in [0.4, 0.5) is 4.39 Å². The molecule has 1 fully saturated rings. The van der Waals surface area contributed by atoms with Crippen LogP contribution in [0.1, 0.15) is 43.5 Å². The Balaban J connectivity index is 2.00. The van der Waals surface area contributed by atoms with Gasteiger partial charge in [0.15, 0.2) is 5.78 Å². The Kier molecular flexibility index (Phi) is 4.35. The van der Waals surface area contributed by atoms with Crippen LogP contribution in [-0.4, -0.2) is 30.3 Å². The van der Waals surface area contributed by atoms with Crippen LogP contribution in [0.5, 0.6) is 0 Å². The Morgan fingerprint density at radius 1 is 1.32 bits per heavy atom. The maximum absolute atomic E-state index is 13.6. The van der Waals surface area contributed by atoms with Gasteiger partial charge in [0.25, 0.3) is 0 Å². The molecule has 0 saturated carbocycles. The molecule has 0 atom stereocenters. The average molecular weight is 263 g/mol. The number of Topliss-reactive ketones (excluding diaryl/α,β-unsaturated/α-hetero) is 1. The molecule has 0 bridgehead atoms. The first-order valence-corrected chi connectivity index (χ1v) is 7.10. The van der Waals surface area contributed by atoms with Crippen molar-refractivity contribution in [3.05, 3.63) is 35.6 Å². The number of halogens is 1. The van der Waals surface area contributed by atoms with E-state index in [2.05, 4.69) is 18.7 Å². The Morgan fingerprint density at radius 3 is 2.58 bits per heavy atom. The number of nitrogens with zero attached hydrogens (tertiary/aromatic N) is 1. The molecule has 1 aliphatic heterocycles. The summed E-state index contributed by atoms with van der Waals surface area (Å²) in [5, 5.41) is 0. The van der Waals surface area contributed by atoms with Crippen LogP contribution in [0.15, 0.2) is 24.3 Å². The minimum atomic E-state index is -0.413. The van der Waals surface area contributed by atoms with E-state index in [-0.39, 0.29) is 11.3 Å². The predicted octanol–water partition coefficient (Wildman–Crippen LogP) is 3.52. The monoisotopic (exact) mass is 263 g/mol. The highest BCUT2D eigenvalue weighted by Gasteiger charge is 2.35. The summed E-state index contributed by atoms with van der Waals surface area (Å²) in [6.07, 6.45) is 3.44. The number of ketones is 1. The fourth-order valence-electron chi connectivity index (χ4n) is 2.97. The summed E-state index contributed by atoms with van der Waals surface area (Å²) >= 11 is 0. The second-order valence-electron chi connectivity index (χ2n) is 5.57. The van der Waals surface area contributed by atoms with Crippen molar-refractivity contribution in [1.82, 2.24) is 4.90 Å². The molecule has 2 rings (SSSR count). The van der Waals surface area contributed by atoms with E-state index in [1.165, 1.54) is 6.07 Å². The maximum atomic E-state index is 13.6. The lowest BCUT2D eigenvalue weighted by Gasteiger charge is -2.26. The van der Waals surface area contributed by atoms with E-state index in [1.54, 1.807) is 18.2 Å². The lowest BCUT2D eigenvalue weighted by Crippen LogP contribution is -2.31. The fraction of sp³-hybridized carbons (Fsp3) is 0.562. The van der Waals surface area contributed by atoms with E-state index in [1.807, 2.05) is 0 Å². The van der Waals surface area contributed by atoms with Gasteiger partial charge in [-0.05, 0) is 43.4 Å². The molecule has 1 aromatic carbocycles. The van der Waals surface area contributed by atoms with Crippen molar-refractivity contribution in [2.45, 2.75) is 33.1 Å². The third-order valence-corrected chi connectivity index (χ3v) is 4.56. The molecule has 0 radical (unpaired) electrons. The first-order valence-electron chi connectivity index (χ1n) is 7.10. The van der Waals surface area contributed by atoms with Gasteiger partial charge < -0.3 is 0 Å². The van der Waals surface area contributed by atoms with Crippen LogP contribution < -0.4 is 0 Å². The zero-order chi connectivity index (χ0) is 13.9. The Hall–Kier alpha value is -1.22. The third kappa shape index (κ3) is 3.03. The molecule has 0 unspecified atom stereocenters. The second kappa shape index (κ2) is 5.83. The molecule has 1 aromatic rings. The zero-order valence-corrected chi connectivity index (χ0v) is 11.8. The van der Waals surface area contributed by atoms with Crippen molar-refractivity contribution in [1.29, 1.82) is 0 Å². The van der Waals surface area contributed by atoms with Crippen LogP contribution in [0.2, 0.25) is 0 Å². The summed E-state index contributed by atoms with van der Waals surface area (Å²) in [5.74, 6) is -0.523. The standard InChI is InChI=1S/C16H22FNO/c1-3-16(4-2)9-10-18(12-16)11-15(19)13-7-5-6-8-14(13)17/h5-8H,3-4,9-12H2,1-2H3. The van der Waals surface area contributed by atoms with E-state index < -0.39 is 5.82 Å². The first-order chi connectivity index (χ1) is 9.10. The molecule has 1 saturated heterocycles. The molecule has 1 aliphatic rings. The Bertz CT molecular complexity index is 454. The van der Waals surface area contributed by atoms with E-state index in [0.717, 1.165) is 32.4 Å². The number of benzene rings is 1. The highest BCUT2D eigenvalue weighted by atomic mass is 19.1. The number of rotatable bonds is 5. The summed E-state index contributed by atoms with van der Waals surface area (Å²) in [6, 6.07) is 6.24. The summed E-state index contributed by atoms with van der Waals surface area (Å²) in [5.41, 5.74) is 0.572. The minimum absolute atomic E-state index is 0.110. The number of hydrogen-bond acceptors (Lipinski definition) is 2. The fourth-order valence-corrected chi connectivity index (χ4v) is 2.97. The molecule has 1 heterocycles. The van der Waals surface area contributed by atoms with Gasteiger partial charge >= 0.3 is 0 Å². The van der Waals surface area contributed by atoms with E-state index >= 15 is 0 Å². The van der Waals surface area contributed by atoms with Gasteiger partial charge in [0, 0.05) is 6.54 Å². The summed E-state index contributed by atoms with van der Waals surface area (Å²) in [6.45, 7) is 6.67. The Labute approximate surface area is 114 Å². The van der Waals surface area contributed by atoms with Crippen molar-refractivity contribution in [3.63, 3.8) is 0 Å². The smallest absolute Gasteiger partial charge is 0.179 e. The van der Waals surface area contributed by atoms with Gasteiger partial charge in [-0.3, -0.25) is 9.69 Å². The van der Waals surface area contributed by atoms with Crippen molar-refractivity contribution >= 4 is 5.78 Å². The predicted molar refractivity (Wildman–Crippen MR) is 74.8 cm³/mol. The number of carbonyl (C=O) groups excluding carboxylic acids is 1. The SMILES string of the molecule is CCC1(CC)CCN(CC(=O)c2ccccc2F)C1. The minimum Gasteiger partial charge on any atom is -0.295 e. The first kappa shape index (κ1) is 14.2. The lowest BCUT2D eigenvalue weighted by atomic mass is 9.82. The molecule has 0 aliphatic carbocycles. The van der Waals surface area contributed by atoms with E-state index in [0.29, 0.717) is 12.0 Å². The van der Waals surface area contributed by atoms with Crippen LogP contribution >= 0.6 is 0 Å². The molecule has 0 amide bonds. The average Bonchev–Trinajstić information content (AvgIpc) is 2.83. The summed E-state index contributed by atoms with van der Waals surface area (Å²) in [4.78, 5) is 14.3. The normalized spacial score (nSPS) is 18.7. The highest BCUT2D eigenvalue weighted by Crippen LogP contribution is 2.36. The summed E-state index contributed by atoms with van der Waals surface area (Å²) < 4.78 is 13.6. The molecule has 0 N–H and O–H groups in total. The van der Waals surface area contributed by atoms with E-state index in [4.69, 9.17) is 0 Å². The Morgan fingerprint density at radius 2 is 2.00 bits per heavy atom. The third-order valence-electron chi connectivity index (χ3n) is 4.56. The molecular weight excluding hydrogens is 241 g/mol. The number of carbonyl (C=O) groups is 1. The maximum Gasteiger partial charge on any atom is 0.179 e. The molecule has 0 spiro atoms. The van der Waals surface area contributed by atoms with Gasteiger partial charge in [-0.25, -0.2) is 4.39 Å². The quantitative estimate of drug-likeness (QED) is 0.758. The molecular formula is C16H22FNO. The second-order valence-corrected chi connectivity index (χ2v) is 5.57. The van der Waals surface area contributed by atoms with Crippen LogP contribution in [0.25, 0.3) is 0 Å². The van der Waals surface area contributed by atoms with Gasteiger partial charge in [-0.2, -0.15) is 0 Å². The molecule has 2 nitrogen and oxygen atoms in total. The van der Waals surface area contributed by atoms with Crippen LogP contribution in [0.3, 0.4) is 0 Å². The largest absolute Gasteiger partial charge is 0.295 e. The highest BCUT2D eigenvalue weighted by molar-refractivity contribution is 5.97. The van der Waals surface area contributed by atoms with Gasteiger partial charge in [0.1, 0.15) is 5.82 Å². The molecule has 0 aromatic heterocycles. The van der Waals surface area contributed by atoms with Gasteiger partial charge in [0.05, 0.1) is 12.1 Å². The van der Waals surface area contributed by atoms with Crippen molar-refractivity contribution in [3.8, 4) is 0 Å². The number of hydrogen-bond donors (Lipinski definition) is 0. The van der Waals surface area contributed by atoms with Gasteiger partial charge in [0.2, 0.25) is 0 Å². The van der Waals surface area contributed by atoms with E-state index in [9.17, 15) is 9.18 Å². The van der Waals surface area contributed by atoms with Crippen molar-refractivity contribution < 1.29 is 9.18 Å². The van der Waals surface area contributed by atoms with Crippen LogP contribution in [0, 0.1) is 11.2 Å². The van der Waals surface area contributed by atoms with Crippen LogP contribution in [-0.2, 0) is 0 Å². The molecule has 19 heavy (non-hydrogen) atoms. The van der Waals surface area contributed by atoms with Gasteiger partial charge in [-0.1, -0.05) is 26.0 Å². The zero-order valence-electron chi connectivity index (χ0n) is 11.8.